The summed E-state index contributed by atoms with van der Waals surface area (Å²) >= 11 is 1.22. The zero-order valence-electron chi connectivity index (χ0n) is 11.3. The number of thiophene rings is 1. The predicted octanol–water partition coefficient (Wildman–Crippen LogP) is 1.78. The molecule has 0 aromatic carbocycles. The van der Waals surface area contributed by atoms with E-state index in [0.717, 1.165) is 19.3 Å². The molecule has 1 heterocycles. The number of methoxy groups -OCH3 is 1. The predicted molar refractivity (Wildman–Crippen MR) is 75.5 cm³/mol. The van der Waals surface area contributed by atoms with Gasteiger partial charge in [0.05, 0.1) is 23.1 Å². The smallest absolute Gasteiger partial charge is 0.261 e. The van der Waals surface area contributed by atoms with Crippen LogP contribution in [-0.4, -0.2) is 31.6 Å². The Balaban J connectivity index is 2.61. The molecule has 2 amide bonds. The summed E-state index contributed by atoms with van der Waals surface area (Å²) in [7, 11) is 1.61. The number of carbonyl (C=O) groups is 2. The molecule has 0 radical (unpaired) electrons. The number of rotatable bonds is 8. The van der Waals surface area contributed by atoms with Gasteiger partial charge >= 0.3 is 0 Å². The van der Waals surface area contributed by atoms with Crippen molar-refractivity contribution in [2.45, 2.75) is 32.2 Å². The molecule has 1 aromatic heterocycles. The zero-order valence-corrected chi connectivity index (χ0v) is 12.1. The van der Waals surface area contributed by atoms with Gasteiger partial charge in [-0.1, -0.05) is 19.8 Å². The van der Waals surface area contributed by atoms with Gasteiger partial charge in [-0.3, -0.25) is 9.59 Å². The lowest BCUT2D eigenvalue weighted by Crippen LogP contribution is -2.37. The van der Waals surface area contributed by atoms with Crippen molar-refractivity contribution in [3.8, 4) is 0 Å². The van der Waals surface area contributed by atoms with E-state index >= 15 is 0 Å². The summed E-state index contributed by atoms with van der Waals surface area (Å²) in [6.07, 6.45) is 2.98. The van der Waals surface area contributed by atoms with E-state index in [1.807, 2.05) is 0 Å². The second-order valence-corrected chi connectivity index (χ2v) is 5.24. The molecular weight excluding hydrogens is 264 g/mol. The van der Waals surface area contributed by atoms with Crippen LogP contribution < -0.4 is 11.1 Å². The molecular formula is C13H20N2O3S. The average Bonchev–Trinajstić information content (AvgIpc) is 2.86. The molecule has 1 unspecified atom stereocenters. The molecule has 5 nitrogen and oxygen atoms in total. The SMILES string of the molecule is CCCCC(COC)NC(=O)c1cc(C(N)=O)cs1. The van der Waals surface area contributed by atoms with Crippen LogP contribution in [0.15, 0.2) is 11.4 Å². The van der Waals surface area contributed by atoms with Crippen LogP contribution in [0.3, 0.4) is 0 Å². The molecule has 0 aliphatic carbocycles. The van der Waals surface area contributed by atoms with Crippen LogP contribution in [0.25, 0.3) is 0 Å². The summed E-state index contributed by atoms with van der Waals surface area (Å²) in [6.45, 7) is 2.59. The molecule has 0 bridgehead atoms. The summed E-state index contributed by atoms with van der Waals surface area (Å²) in [5, 5.41) is 4.51. The fourth-order valence-corrected chi connectivity index (χ4v) is 2.49. The highest BCUT2D eigenvalue weighted by atomic mass is 32.1. The molecule has 106 valence electrons. The Morgan fingerprint density at radius 3 is 2.79 bits per heavy atom. The van der Waals surface area contributed by atoms with Crippen LogP contribution in [0, 0.1) is 0 Å². The molecule has 0 spiro atoms. The molecule has 1 rings (SSSR count). The van der Waals surface area contributed by atoms with E-state index in [-0.39, 0.29) is 11.9 Å². The minimum atomic E-state index is -0.519. The van der Waals surface area contributed by atoms with E-state index < -0.39 is 5.91 Å². The monoisotopic (exact) mass is 284 g/mol. The van der Waals surface area contributed by atoms with Crippen LogP contribution >= 0.6 is 11.3 Å². The third kappa shape index (κ3) is 5.00. The van der Waals surface area contributed by atoms with Gasteiger partial charge in [-0.15, -0.1) is 11.3 Å². The number of nitrogens with two attached hydrogens (primary N) is 1. The molecule has 0 saturated carbocycles. The number of carbonyl (C=O) groups excluding carboxylic acids is 2. The van der Waals surface area contributed by atoms with Crippen molar-refractivity contribution in [2.75, 3.05) is 13.7 Å². The fourth-order valence-electron chi connectivity index (χ4n) is 1.69. The highest BCUT2D eigenvalue weighted by Crippen LogP contribution is 2.14. The van der Waals surface area contributed by atoms with Crippen molar-refractivity contribution in [3.05, 3.63) is 21.9 Å². The van der Waals surface area contributed by atoms with E-state index in [1.54, 1.807) is 12.5 Å². The second kappa shape index (κ2) is 7.91. The summed E-state index contributed by atoms with van der Waals surface area (Å²) in [6, 6.07) is 1.52. The van der Waals surface area contributed by atoms with Gasteiger partial charge in [0.2, 0.25) is 5.91 Å². The molecule has 0 aliphatic rings. The Bertz CT molecular complexity index is 431. The zero-order chi connectivity index (χ0) is 14.3. The van der Waals surface area contributed by atoms with E-state index in [1.165, 1.54) is 17.4 Å². The van der Waals surface area contributed by atoms with E-state index in [2.05, 4.69) is 12.2 Å². The fraction of sp³-hybridized carbons (Fsp3) is 0.538. The minimum Gasteiger partial charge on any atom is -0.383 e. The number of amides is 2. The van der Waals surface area contributed by atoms with Crippen LogP contribution in [-0.2, 0) is 4.74 Å². The Kier molecular flexibility index (Phi) is 6.52. The maximum atomic E-state index is 12.0. The molecule has 3 N–H and O–H groups in total. The van der Waals surface area contributed by atoms with E-state index in [9.17, 15) is 9.59 Å². The molecule has 0 aliphatic heterocycles. The molecule has 0 fully saturated rings. The molecule has 0 saturated heterocycles. The highest BCUT2D eigenvalue weighted by Gasteiger charge is 2.16. The van der Waals surface area contributed by atoms with Gasteiger partial charge in [0, 0.05) is 12.5 Å². The van der Waals surface area contributed by atoms with Crippen molar-refractivity contribution in [1.29, 1.82) is 0 Å². The van der Waals surface area contributed by atoms with Crippen molar-refractivity contribution < 1.29 is 14.3 Å². The number of hydrogen-bond acceptors (Lipinski definition) is 4. The topological polar surface area (TPSA) is 81.4 Å². The van der Waals surface area contributed by atoms with Gasteiger partial charge in [-0.2, -0.15) is 0 Å². The lowest BCUT2D eigenvalue weighted by Gasteiger charge is -2.17. The highest BCUT2D eigenvalue weighted by molar-refractivity contribution is 7.12. The minimum absolute atomic E-state index is 0.00317. The van der Waals surface area contributed by atoms with Crippen LogP contribution in [0.1, 0.15) is 46.2 Å². The third-order valence-electron chi connectivity index (χ3n) is 2.72. The first-order valence-electron chi connectivity index (χ1n) is 6.26. The first-order valence-corrected chi connectivity index (χ1v) is 7.14. The lowest BCUT2D eigenvalue weighted by atomic mass is 10.1. The van der Waals surface area contributed by atoms with Gasteiger partial charge in [-0.25, -0.2) is 0 Å². The van der Waals surface area contributed by atoms with Crippen molar-refractivity contribution in [1.82, 2.24) is 5.32 Å². The Hall–Kier alpha value is -1.40. The van der Waals surface area contributed by atoms with Crippen LogP contribution in [0.2, 0.25) is 0 Å². The summed E-state index contributed by atoms with van der Waals surface area (Å²) < 4.78 is 5.10. The quantitative estimate of drug-likeness (QED) is 0.763. The third-order valence-corrected chi connectivity index (χ3v) is 3.65. The van der Waals surface area contributed by atoms with Crippen molar-refractivity contribution >= 4 is 23.2 Å². The number of nitrogens with one attached hydrogen (secondary N) is 1. The first-order chi connectivity index (χ1) is 9.08. The summed E-state index contributed by atoms with van der Waals surface area (Å²) in [5.41, 5.74) is 5.53. The Labute approximate surface area is 117 Å². The Morgan fingerprint density at radius 2 is 2.26 bits per heavy atom. The first kappa shape index (κ1) is 15.7. The largest absolute Gasteiger partial charge is 0.383 e. The molecule has 1 aromatic rings. The van der Waals surface area contributed by atoms with Crippen molar-refractivity contribution in [3.63, 3.8) is 0 Å². The average molecular weight is 284 g/mol. The van der Waals surface area contributed by atoms with Gasteiger partial charge < -0.3 is 15.8 Å². The number of hydrogen-bond donors (Lipinski definition) is 2. The maximum absolute atomic E-state index is 12.0. The summed E-state index contributed by atoms with van der Waals surface area (Å²) in [5.74, 6) is -0.703. The van der Waals surface area contributed by atoms with E-state index in [0.29, 0.717) is 17.0 Å². The van der Waals surface area contributed by atoms with Gasteiger partial charge in [0.15, 0.2) is 0 Å². The van der Waals surface area contributed by atoms with Gasteiger partial charge in [0.1, 0.15) is 0 Å². The Morgan fingerprint density at radius 1 is 1.53 bits per heavy atom. The van der Waals surface area contributed by atoms with Crippen molar-refractivity contribution in [2.24, 2.45) is 5.73 Å². The lowest BCUT2D eigenvalue weighted by molar-refractivity contribution is 0.0894. The van der Waals surface area contributed by atoms with E-state index in [4.69, 9.17) is 10.5 Å². The number of primary amides is 1. The molecule has 1 atom stereocenters. The number of unbranched alkanes of at least 4 members (excludes halogenated alkanes) is 1. The second-order valence-electron chi connectivity index (χ2n) is 4.33. The van der Waals surface area contributed by atoms with Gasteiger partial charge in [-0.05, 0) is 12.5 Å². The van der Waals surface area contributed by atoms with Crippen LogP contribution in [0.4, 0.5) is 0 Å². The summed E-state index contributed by atoms with van der Waals surface area (Å²) in [4.78, 5) is 23.5. The maximum Gasteiger partial charge on any atom is 0.261 e. The molecule has 6 heteroatoms. The normalized spacial score (nSPS) is 12.1. The molecule has 19 heavy (non-hydrogen) atoms. The van der Waals surface area contributed by atoms with Crippen LogP contribution in [0.5, 0.6) is 0 Å². The standard InChI is InChI=1S/C13H20N2O3S/c1-3-4-5-10(7-18-2)15-13(17)11-6-9(8-19-11)12(14)16/h6,8,10H,3-5,7H2,1-2H3,(H2,14,16)(H,15,17). The van der Waals surface area contributed by atoms with Gasteiger partial charge in [0.25, 0.3) is 5.91 Å². The number of ether oxygens (including phenoxy) is 1.